The number of fused-ring (bicyclic) bond motifs is 1. The quantitative estimate of drug-likeness (QED) is 0.476. The number of halogens is 1. The van der Waals surface area contributed by atoms with Gasteiger partial charge in [0.1, 0.15) is 11.9 Å². The summed E-state index contributed by atoms with van der Waals surface area (Å²) in [6.45, 7) is 2.00. The van der Waals surface area contributed by atoms with E-state index >= 15 is 0 Å². The molecule has 4 rings (SSSR count). The average molecular weight is 335 g/mol. The fraction of sp³-hybridized carbons (Fsp3) is 0.100. The van der Waals surface area contributed by atoms with Crippen molar-refractivity contribution in [1.29, 1.82) is 0 Å². The van der Waals surface area contributed by atoms with Crippen molar-refractivity contribution in [3.05, 3.63) is 71.6 Å². The Labute approximate surface area is 143 Å². The molecule has 3 heterocycles. The summed E-state index contributed by atoms with van der Waals surface area (Å²) in [6.07, 6.45) is 3.76. The van der Waals surface area contributed by atoms with Gasteiger partial charge in [-0.2, -0.15) is 8.96 Å². The van der Waals surface area contributed by atoms with Crippen molar-refractivity contribution in [2.24, 2.45) is 7.05 Å². The van der Waals surface area contributed by atoms with E-state index in [2.05, 4.69) is 4.98 Å². The number of aromatic nitrogens is 2. The maximum absolute atomic E-state index is 15.0. The van der Waals surface area contributed by atoms with Crippen molar-refractivity contribution < 1.29 is 8.96 Å². The van der Waals surface area contributed by atoms with Crippen LogP contribution < -0.4 is 4.57 Å². The summed E-state index contributed by atoms with van der Waals surface area (Å²) >= 11 is 1.59. The predicted octanol–water partition coefficient (Wildman–Crippen LogP) is 4.90. The predicted molar refractivity (Wildman–Crippen MR) is 96.4 cm³/mol. The molecule has 0 amide bonds. The van der Waals surface area contributed by atoms with Gasteiger partial charge in [-0.05, 0) is 47.7 Å². The summed E-state index contributed by atoms with van der Waals surface area (Å²) in [6, 6.07) is 13.5. The van der Waals surface area contributed by atoms with E-state index in [1.54, 1.807) is 23.6 Å². The summed E-state index contributed by atoms with van der Waals surface area (Å²) in [5.41, 5.74) is 4.45. The SMILES string of the molecule is Cc1ccccc1-c1c(F)cc(-c2ccnc3sccc23)c[n+]1C. The van der Waals surface area contributed by atoms with Gasteiger partial charge in [0.05, 0.1) is 5.56 Å². The molecule has 0 spiro atoms. The van der Waals surface area contributed by atoms with Gasteiger partial charge < -0.3 is 0 Å². The third-order valence-corrected chi connectivity index (χ3v) is 5.09. The van der Waals surface area contributed by atoms with Gasteiger partial charge in [-0.25, -0.2) is 4.98 Å². The number of benzene rings is 1. The molecule has 4 aromatic rings. The van der Waals surface area contributed by atoms with Crippen LogP contribution in [0, 0.1) is 12.7 Å². The molecule has 3 aromatic heterocycles. The molecule has 0 bridgehead atoms. The Morgan fingerprint density at radius 1 is 1.08 bits per heavy atom. The van der Waals surface area contributed by atoms with Crippen LogP contribution in [0.4, 0.5) is 4.39 Å². The molecule has 0 unspecified atom stereocenters. The van der Waals surface area contributed by atoms with Crippen LogP contribution in [-0.4, -0.2) is 4.98 Å². The second kappa shape index (κ2) is 5.80. The van der Waals surface area contributed by atoms with E-state index in [9.17, 15) is 4.39 Å². The van der Waals surface area contributed by atoms with E-state index in [1.165, 1.54) is 0 Å². The van der Waals surface area contributed by atoms with Gasteiger partial charge in [0.15, 0.2) is 12.0 Å². The highest BCUT2D eigenvalue weighted by Gasteiger charge is 2.21. The Hall–Kier alpha value is -2.59. The molecule has 4 heteroatoms. The molecule has 0 aliphatic carbocycles. The first-order chi connectivity index (χ1) is 11.6. The third kappa shape index (κ3) is 2.39. The van der Waals surface area contributed by atoms with Crippen LogP contribution in [-0.2, 0) is 7.05 Å². The first-order valence-electron chi connectivity index (χ1n) is 7.73. The molecule has 0 saturated heterocycles. The van der Waals surface area contributed by atoms with Crippen LogP contribution in [0.15, 0.2) is 60.2 Å². The fourth-order valence-corrected chi connectivity index (χ4v) is 3.88. The average Bonchev–Trinajstić information content (AvgIpc) is 3.04. The Balaban J connectivity index is 1.92. The number of hydrogen-bond donors (Lipinski definition) is 0. The Bertz CT molecular complexity index is 1030. The molecule has 24 heavy (non-hydrogen) atoms. The van der Waals surface area contributed by atoms with Gasteiger partial charge in [-0.15, -0.1) is 11.3 Å². The second-order valence-electron chi connectivity index (χ2n) is 5.85. The van der Waals surface area contributed by atoms with Crippen molar-refractivity contribution >= 4 is 21.6 Å². The summed E-state index contributed by atoms with van der Waals surface area (Å²) in [4.78, 5) is 5.34. The van der Waals surface area contributed by atoms with Crippen LogP contribution in [0.1, 0.15) is 5.56 Å². The third-order valence-electron chi connectivity index (χ3n) is 4.27. The van der Waals surface area contributed by atoms with E-state index in [0.29, 0.717) is 5.69 Å². The Morgan fingerprint density at radius 2 is 1.92 bits per heavy atom. The number of aryl methyl sites for hydroxylation is 2. The normalized spacial score (nSPS) is 11.1. The van der Waals surface area contributed by atoms with Crippen molar-refractivity contribution in [2.75, 3.05) is 0 Å². The van der Waals surface area contributed by atoms with Crippen LogP contribution in [0.5, 0.6) is 0 Å². The molecule has 1 aromatic carbocycles. The lowest BCUT2D eigenvalue weighted by Crippen LogP contribution is -2.32. The lowest BCUT2D eigenvalue weighted by molar-refractivity contribution is -0.661. The molecule has 2 nitrogen and oxygen atoms in total. The van der Waals surface area contributed by atoms with Crippen LogP contribution >= 0.6 is 11.3 Å². The summed E-state index contributed by atoms with van der Waals surface area (Å²) in [7, 11) is 1.89. The van der Waals surface area contributed by atoms with Gasteiger partial charge in [0.25, 0.3) is 0 Å². The minimum absolute atomic E-state index is 0.218. The van der Waals surface area contributed by atoms with E-state index in [4.69, 9.17) is 0 Å². The molecule has 0 radical (unpaired) electrons. The van der Waals surface area contributed by atoms with Crippen molar-refractivity contribution in [2.45, 2.75) is 6.92 Å². The largest absolute Gasteiger partial charge is 0.248 e. The lowest BCUT2D eigenvalue weighted by atomic mass is 10.0. The highest BCUT2D eigenvalue weighted by molar-refractivity contribution is 7.16. The Morgan fingerprint density at radius 3 is 2.71 bits per heavy atom. The van der Waals surface area contributed by atoms with Crippen molar-refractivity contribution in [1.82, 2.24) is 4.98 Å². The van der Waals surface area contributed by atoms with Crippen molar-refractivity contribution in [3.8, 4) is 22.4 Å². The lowest BCUT2D eigenvalue weighted by Gasteiger charge is -2.08. The monoisotopic (exact) mass is 335 g/mol. The summed E-state index contributed by atoms with van der Waals surface area (Å²) in [5, 5.41) is 3.07. The zero-order valence-electron chi connectivity index (χ0n) is 13.5. The minimum atomic E-state index is -0.218. The fourth-order valence-electron chi connectivity index (χ4n) is 3.12. The maximum Gasteiger partial charge on any atom is 0.248 e. The van der Waals surface area contributed by atoms with Gasteiger partial charge in [0.2, 0.25) is 5.69 Å². The van der Waals surface area contributed by atoms with Crippen molar-refractivity contribution in [3.63, 3.8) is 0 Å². The minimum Gasteiger partial charge on any atom is -0.245 e. The first-order valence-corrected chi connectivity index (χ1v) is 8.61. The second-order valence-corrected chi connectivity index (χ2v) is 6.74. The Kier molecular flexibility index (Phi) is 3.62. The zero-order valence-corrected chi connectivity index (χ0v) is 14.3. The molecular formula is C20H16FN2S+. The highest BCUT2D eigenvalue weighted by atomic mass is 32.1. The molecule has 0 N–H and O–H groups in total. The van der Waals surface area contributed by atoms with E-state index in [1.807, 2.05) is 66.5 Å². The molecular weight excluding hydrogens is 319 g/mol. The van der Waals surface area contributed by atoms with E-state index in [0.717, 1.165) is 32.5 Å². The van der Waals surface area contributed by atoms with Crippen LogP contribution in [0.2, 0.25) is 0 Å². The number of rotatable bonds is 2. The number of thiophene rings is 1. The molecule has 0 aliphatic rings. The first kappa shape index (κ1) is 15.0. The summed E-state index contributed by atoms with van der Waals surface area (Å²) < 4.78 is 16.8. The van der Waals surface area contributed by atoms with Gasteiger partial charge in [0, 0.05) is 17.1 Å². The smallest absolute Gasteiger partial charge is 0.245 e. The molecule has 0 atom stereocenters. The number of nitrogens with zero attached hydrogens (tertiary/aromatic N) is 2. The molecule has 0 saturated carbocycles. The maximum atomic E-state index is 15.0. The van der Waals surface area contributed by atoms with Crippen LogP contribution in [0.3, 0.4) is 0 Å². The molecule has 118 valence electrons. The topological polar surface area (TPSA) is 16.8 Å². The number of pyridine rings is 2. The highest BCUT2D eigenvalue weighted by Crippen LogP contribution is 2.31. The van der Waals surface area contributed by atoms with E-state index in [-0.39, 0.29) is 5.82 Å². The van der Waals surface area contributed by atoms with Crippen LogP contribution in [0.25, 0.3) is 32.6 Å². The van der Waals surface area contributed by atoms with Gasteiger partial charge in [-0.3, -0.25) is 0 Å². The molecule has 0 fully saturated rings. The van der Waals surface area contributed by atoms with Gasteiger partial charge >= 0.3 is 0 Å². The summed E-state index contributed by atoms with van der Waals surface area (Å²) in [5.74, 6) is -0.218. The van der Waals surface area contributed by atoms with Gasteiger partial charge in [-0.1, -0.05) is 18.2 Å². The van der Waals surface area contributed by atoms with E-state index < -0.39 is 0 Å². The standard InChI is InChI=1S/C20H16FN2S/c1-13-5-3-4-6-15(13)19-18(21)11-14(12-23(19)2)16-7-9-22-20-17(16)8-10-24-20/h3-12H,1-2H3/q+1. The zero-order chi connectivity index (χ0) is 16.7. The number of hydrogen-bond acceptors (Lipinski definition) is 2. The molecule has 0 aliphatic heterocycles.